The van der Waals surface area contributed by atoms with E-state index in [1.165, 1.54) is 218 Å². The van der Waals surface area contributed by atoms with E-state index in [0.717, 1.165) is 38.0 Å². The number of nitrogens with zero attached hydrogens (tertiary/aromatic N) is 1. The molecule has 3 nitrogen and oxygen atoms in total. The second kappa shape index (κ2) is 64.3. The van der Waals surface area contributed by atoms with E-state index in [1.807, 2.05) is 33.8 Å². The van der Waals surface area contributed by atoms with E-state index < -0.39 is 5.41 Å². The van der Waals surface area contributed by atoms with Crippen molar-refractivity contribution < 1.29 is 9.47 Å². The number of unbranched alkanes of at least 4 members (excludes halogenated alkanes) is 32. The molecular weight excluding hydrogens is 863 g/mol. The van der Waals surface area contributed by atoms with Gasteiger partial charge in [-0.2, -0.15) is 5.26 Å². The Balaban J connectivity index is -0.000000280. The van der Waals surface area contributed by atoms with Gasteiger partial charge in [0.25, 0.3) is 0 Å². The van der Waals surface area contributed by atoms with Gasteiger partial charge in [0.15, 0.2) is 0 Å². The zero-order chi connectivity index (χ0) is 55.3. The lowest BCUT2D eigenvalue weighted by Gasteiger charge is -2.46. The van der Waals surface area contributed by atoms with Gasteiger partial charge < -0.3 is 9.47 Å². The summed E-state index contributed by atoms with van der Waals surface area (Å²) in [5, 5.41) is 10.1. The molecule has 0 spiro atoms. The van der Waals surface area contributed by atoms with E-state index in [1.54, 1.807) is 7.11 Å². The Bertz CT molecular complexity index is 1070. The van der Waals surface area contributed by atoms with Crippen LogP contribution in [0.25, 0.3) is 0 Å². The van der Waals surface area contributed by atoms with Crippen LogP contribution < -0.4 is 0 Å². The number of rotatable bonds is 45. The third-order valence-electron chi connectivity index (χ3n) is 14.5. The molecule has 0 saturated heterocycles. The van der Waals surface area contributed by atoms with Crippen molar-refractivity contribution in [3.05, 3.63) is 50.8 Å². The summed E-state index contributed by atoms with van der Waals surface area (Å²) in [4.78, 5) is 0. The van der Waals surface area contributed by atoms with Gasteiger partial charge in [0.05, 0.1) is 30.0 Å². The molecule has 0 aromatic heterocycles. The number of nitriles is 1. The fourth-order valence-electron chi connectivity index (χ4n) is 8.55. The molecule has 0 N–H and O–H groups in total. The fraction of sp³-hybridized carbons (Fsp3) is 0.868. The first kappa shape index (κ1) is 80.6. The maximum absolute atomic E-state index is 10.1. The predicted octanol–water partition coefficient (Wildman–Crippen LogP) is 24.9. The van der Waals surface area contributed by atoms with Gasteiger partial charge in [-0.25, -0.2) is 0 Å². The lowest BCUT2D eigenvalue weighted by molar-refractivity contribution is 0.0630. The number of hydrogen-bond donors (Lipinski definition) is 0. The number of allylic oxidation sites excluding steroid dienone is 3. The van der Waals surface area contributed by atoms with Crippen molar-refractivity contribution in [2.24, 2.45) is 22.2 Å². The molecule has 0 radical (unpaired) electrons. The van der Waals surface area contributed by atoms with Crippen molar-refractivity contribution in [2.45, 2.75) is 347 Å². The molecule has 0 rings (SSSR count). The van der Waals surface area contributed by atoms with Crippen molar-refractivity contribution in [2.75, 3.05) is 13.7 Å². The first-order valence-electron chi connectivity index (χ1n) is 31.1. The van der Waals surface area contributed by atoms with Crippen LogP contribution in [-0.4, -0.2) is 19.8 Å². The summed E-state index contributed by atoms with van der Waals surface area (Å²) in [5.41, 5.74) is -0.559. The lowest BCUT2D eigenvalue weighted by atomic mass is 9.57. The van der Waals surface area contributed by atoms with Gasteiger partial charge >= 0.3 is 0 Å². The van der Waals surface area contributed by atoms with Crippen LogP contribution in [0.15, 0.2) is 50.8 Å². The average Bonchev–Trinajstić information content (AvgIpc) is 3.36. The zero-order valence-corrected chi connectivity index (χ0v) is 52.2. The highest BCUT2D eigenvalue weighted by atomic mass is 16.5. The van der Waals surface area contributed by atoms with Gasteiger partial charge in [-0.1, -0.05) is 300 Å². The van der Waals surface area contributed by atoms with E-state index in [9.17, 15) is 5.26 Å². The summed E-state index contributed by atoms with van der Waals surface area (Å²) in [5.74, 6) is 1.32. The molecule has 0 fully saturated rings. The van der Waals surface area contributed by atoms with Gasteiger partial charge in [0.1, 0.15) is 0 Å². The molecule has 0 aliphatic heterocycles. The summed E-state index contributed by atoms with van der Waals surface area (Å²) in [7, 11) is 1.70. The molecule has 426 valence electrons. The lowest BCUT2D eigenvalue weighted by Crippen LogP contribution is -2.39. The van der Waals surface area contributed by atoms with Gasteiger partial charge in [-0.3, -0.25) is 0 Å². The van der Waals surface area contributed by atoms with Crippen LogP contribution in [-0.2, 0) is 9.47 Å². The highest BCUT2D eigenvalue weighted by Gasteiger charge is 2.45. The van der Waals surface area contributed by atoms with Crippen LogP contribution in [0.2, 0.25) is 0 Å². The van der Waals surface area contributed by atoms with E-state index in [4.69, 9.17) is 9.47 Å². The molecule has 0 aliphatic carbocycles. The monoisotopic (exact) mass is 1000 g/mol. The summed E-state index contributed by atoms with van der Waals surface area (Å²) in [6, 6.07) is 2.66. The molecule has 0 saturated carbocycles. The Morgan fingerprint density at radius 3 is 1.06 bits per heavy atom. The molecule has 0 bridgehead atoms. The van der Waals surface area contributed by atoms with Crippen LogP contribution in [0.1, 0.15) is 341 Å². The molecule has 3 heteroatoms. The second-order valence-electron chi connectivity index (χ2n) is 22.3. The maximum atomic E-state index is 10.1. The van der Waals surface area contributed by atoms with Crippen molar-refractivity contribution >= 4 is 0 Å². The van der Waals surface area contributed by atoms with Crippen LogP contribution in [0.4, 0.5) is 0 Å². The summed E-state index contributed by atoms with van der Waals surface area (Å²) >= 11 is 0. The summed E-state index contributed by atoms with van der Waals surface area (Å²) in [6.07, 6.45) is 56.1. The molecule has 0 amide bonds. The van der Waals surface area contributed by atoms with Gasteiger partial charge in [-0.15, -0.1) is 26.3 Å². The van der Waals surface area contributed by atoms with Gasteiger partial charge in [0, 0.05) is 13.5 Å². The maximum Gasteiger partial charge on any atom is 0.0888 e. The molecule has 2 unspecified atom stereocenters. The Kier molecular flexibility index (Phi) is 73.0. The summed E-state index contributed by atoms with van der Waals surface area (Å²) in [6.45, 7) is 49.0. The largest absolute Gasteiger partial charge is 0.499 e. The number of ether oxygens (including phenoxy) is 2. The van der Waals surface area contributed by atoms with Gasteiger partial charge in [0.2, 0.25) is 0 Å². The number of methoxy groups -OCH3 is 1. The smallest absolute Gasteiger partial charge is 0.0888 e. The Hall–Kier alpha value is -1.79. The normalized spacial score (nSPS) is 12.3. The minimum Gasteiger partial charge on any atom is -0.499 e. The molecule has 71 heavy (non-hydrogen) atoms. The van der Waals surface area contributed by atoms with Crippen LogP contribution in [0, 0.1) is 33.5 Å². The van der Waals surface area contributed by atoms with Crippen molar-refractivity contribution in [3.8, 4) is 6.07 Å². The quantitative estimate of drug-likeness (QED) is 0.0347. The fourth-order valence-corrected chi connectivity index (χ4v) is 8.55. The average molecular weight is 1000 g/mol. The Labute approximate surface area is 452 Å². The highest BCUT2D eigenvalue weighted by Crippen LogP contribution is 2.51. The molecule has 0 heterocycles. The van der Waals surface area contributed by atoms with E-state index in [-0.39, 0.29) is 10.8 Å². The van der Waals surface area contributed by atoms with Crippen LogP contribution in [0.5, 0.6) is 0 Å². The van der Waals surface area contributed by atoms with E-state index in [0.29, 0.717) is 12.0 Å². The standard InChI is InChI=1S/C38H71NO.C19H38.C4H10O.C3H8.C2H6.C2H4/c1-10-12-13-14-15-16-17-18-19-20-21-22-23-24-25-26-27-28-31-40-35(5)29-30-38(9,33-39)36(6,7)32-37(8,11-2)34(3)4;1-3-5-7-9-11-13-15-17-19-18-16-14-12-10-8-6-4-2;1-4(2)5-3;1-3-2;2*1-2/h11,34H,2,5,10,12-32H2,1,3-4,6-9H3;3H,1,4-19H2,2H3;4H,1-3H3;3H2,1-2H3;1-2H3;1-2H2. The zero-order valence-electron chi connectivity index (χ0n) is 52.2. The predicted molar refractivity (Wildman–Crippen MR) is 329 cm³/mol. The third-order valence-corrected chi connectivity index (χ3v) is 14.5. The second-order valence-corrected chi connectivity index (χ2v) is 22.3. The van der Waals surface area contributed by atoms with Gasteiger partial charge in [-0.05, 0) is 69.6 Å². The first-order chi connectivity index (χ1) is 34.1. The van der Waals surface area contributed by atoms with Crippen molar-refractivity contribution in [1.82, 2.24) is 0 Å². The molecular formula is C68H137NO2. The SMILES string of the molecule is C=C.C=CC(C)(CC(C)(C)C(C)(C#N)CCC(=C)OCCCCCCCCCCCCCCCCCCCC)C(C)C.C=CCCCCCCCCCCCCCCCCC.CC.CCC.COC(C)C. The van der Waals surface area contributed by atoms with Crippen LogP contribution >= 0.6 is 0 Å². The highest BCUT2D eigenvalue weighted by molar-refractivity contribution is 5.09. The molecule has 0 aliphatic rings. The molecule has 0 aromatic carbocycles. The Morgan fingerprint density at radius 2 is 0.817 bits per heavy atom. The summed E-state index contributed by atoms with van der Waals surface area (Å²) < 4.78 is 10.7. The van der Waals surface area contributed by atoms with E-state index in [2.05, 4.69) is 114 Å². The van der Waals surface area contributed by atoms with E-state index >= 15 is 0 Å². The van der Waals surface area contributed by atoms with Crippen molar-refractivity contribution in [3.63, 3.8) is 0 Å². The molecule has 2 atom stereocenters. The molecule has 0 aromatic rings. The Morgan fingerprint density at radius 1 is 0.535 bits per heavy atom. The van der Waals surface area contributed by atoms with Crippen LogP contribution in [0.3, 0.4) is 0 Å². The third kappa shape index (κ3) is 60.7. The first-order valence-corrected chi connectivity index (χ1v) is 31.1. The minimum absolute atomic E-state index is 0.0157. The topological polar surface area (TPSA) is 42.2 Å². The minimum atomic E-state index is -0.438. The number of hydrogen-bond acceptors (Lipinski definition) is 3. The van der Waals surface area contributed by atoms with Crippen molar-refractivity contribution in [1.29, 1.82) is 5.26 Å².